The van der Waals surface area contributed by atoms with Crippen molar-refractivity contribution in [3.63, 3.8) is 0 Å². The van der Waals surface area contributed by atoms with E-state index >= 15 is 0 Å². The van der Waals surface area contributed by atoms with Gasteiger partial charge in [0.05, 0.1) is 17.0 Å². The Morgan fingerprint density at radius 1 is 1.19 bits per heavy atom. The van der Waals surface area contributed by atoms with Crippen LogP contribution in [-0.2, 0) is 11.3 Å². The average Bonchev–Trinajstić information content (AvgIpc) is 3.20. The zero-order valence-electron chi connectivity index (χ0n) is 16.4. The van der Waals surface area contributed by atoms with Crippen molar-refractivity contribution in [2.75, 3.05) is 11.1 Å². The molecule has 0 atom stereocenters. The Kier molecular flexibility index (Phi) is 6.15. The summed E-state index contributed by atoms with van der Waals surface area (Å²) < 4.78 is 29.1. The van der Waals surface area contributed by atoms with Gasteiger partial charge in [-0.2, -0.15) is 0 Å². The lowest BCUT2D eigenvalue weighted by Crippen LogP contribution is -2.23. The van der Waals surface area contributed by atoms with Gasteiger partial charge in [-0.05, 0) is 24.6 Å². The Morgan fingerprint density at radius 3 is 2.71 bits per heavy atom. The summed E-state index contributed by atoms with van der Waals surface area (Å²) in [5.41, 5.74) is 1.99. The van der Waals surface area contributed by atoms with Gasteiger partial charge in [0.1, 0.15) is 16.3 Å². The van der Waals surface area contributed by atoms with Gasteiger partial charge in [0, 0.05) is 23.6 Å². The second-order valence-electron chi connectivity index (χ2n) is 6.60. The molecule has 158 valence electrons. The van der Waals surface area contributed by atoms with E-state index in [2.05, 4.69) is 10.3 Å². The highest BCUT2D eigenvalue weighted by molar-refractivity contribution is 7.99. The highest BCUT2D eigenvalue weighted by atomic mass is 32.2. The molecule has 2 aromatic carbocycles. The molecule has 0 fully saturated rings. The molecule has 0 spiro atoms. The molecule has 4 rings (SSSR count). The quantitative estimate of drug-likeness (QED) is 0.321. The van der Waals surface area contributed by atoms with Gasteiger partial charge in [0.25, 0.3) is 5.56 Å². The second-order valence-corrected chi connectivity index (χ2v) is 8.42. The molecule has 4 aromatic rings. The molecule has 0 saturated heterocycles. The minimum absolute atomic E-state index is 0.112. The van der Waals surface area contributed by atoms with Crippen molar-refractivity contribution in [3.8, 4) is 11.1 Å². The van der Waals surface area contributed by atoms with Gasteiger partial charge >= 0.3 is 0 Å². The van der Waals surface area contributed by atoms with Gasteiger partial charge in [-0.3, -0.25) is 14.2 Å². The lowest BCUT2D eigenvalue weighted by Gasteiger charge is -2.11. The molecular formula is C22H17F2N3O2S2. The number of thioether (sulfide) groups is 1. The number of thiophene rings is 1. The molecule has 5 nitrogen and oxygen atoms in total. The molecule has 0 aliphatic heterocycles. The standard InChI is InChI=1S/C22H17F2N3O2S2/c1-2-27-21(29)20-19(15(11-30-20)13-6-4-3-5-7-13)26-22(27)31-12-18(28)25-17-10-14(23)8-9-16(17)24/h3-11H,2,12H2,1H3,(H,25,28). The highest BCUT2D eigenvalue weighted by Gasteiger charge is 2.17. The van der Waals surface area contributed by atoms with Crippen LogP contribution in [-0.4, -0.2) is 21.2 Å². The Morgan fingerprint density at radius 2 is 1.97 bits per heavy atom. The van der Waals surface area contributed by atoms with E-state index in [1.807, 2.05) is 42.6 Å². The number of benzene rings is 2. The summed E-state index contributed by atoms with van der Waals surface area (Å²) >= 11 is 2.41. The fraction of sp³-hybridized carbons (Fsp3) is 0.136. The highest BCUT2D eigenvalue weighted by Crippen LogP contribution is 2.32. The fourth-order valence-electron chi connectivity index (χ4n) is 3.10. The SMILES string of the molecule is CCn1c(SCC(=O)Nc2cc(F)ccc2F)nc2c(-c3ccccc3)csc2c1=O. The third kappa shape index (κ3) is 4.38. The number of amides is 1. The van der Waals surface area contributed by atoms with Crippen LogP contribution in [0.25, 0.3) is 21.3 Å². The smallest absolute Gasteiger partial charge is 0.272 e. The van der Waals surface area contributed by atoms with E-state index in [0.717, 1.165) is 41.1 Å². The van der Waals surface area contributed by atoms with Crippen molar-refractivity contribution < 1.29 is 13.6 Å². The zero-order chi connectivity index (χ0) is 22.0. The molecular weight excluding hydrogens is 440 g/mol. The van der Waals surface area contributed by atoms with E-state index in [-0.39, 0.29) is 17.0 Å². The number of hydrogen-bond acceptors (Lipinski definition) is 5. The molecule has 0 bridgehead atoms. The monoisotopic (exact) mass is 457 g/mol. The molecule has 0 saturated carbocycles. The van der Waals surface area contributed by atoms with Crippen LogP contribution in [0.15, 0.2) is 63.9 Å². The number of hydrogen-bond donors (Lipinski definition) is 1. The van der Waals surface area contributed by atoms with Crippen molar-refractivity contribution in [3.05, 3.63) is 75.9 Å². The second kappa shape index (κ2) is 8.99. The Hall–Kier alpha value is -3.04. The van der Waals surface area contributed by atoms with Crippen LogP contribution < -0.4 is 10.9 Å². The van der Waals surface area contributed by atoms with Crippen LogP contribution in [0.1, 0.15) is 6.92 Å². The number of anilines is 1. The van der Waals surface area contributed by atoms with Crippen molar-refractivity contribution in [2.24, 2.45) is 0 Å². The van der Waals surface area contributed by atoms with Gasteiger partial charge in [-0.15, -0.1) is 11.3 Å². The van der Waals surface area contributed by atoms with Crippen molar-refractivity contribution in [1.29, 1.82) is 0 Å². The molecule has 31 heavy (non-hydrogen) atoms. The van der Waals surface area contributed by atoms with E-state index in [4.69, 9.17) is 0 Å². The summed E-state index contributed by atoms with van der Waals surface area (Å²) in [7, 11) is 0. The molecule has 1 N–H and O–H groups in total. The number of halogens is 2. The van der Waals surface area contributed by atoms with Gasteiger partial charge in [-0.1, -0.05) is 42.1 Å². The predicted molar refractivity (Wildman–Crippen MR) is 121 cm³/mol. The molecule has 9 heteroatoms. The minimum Gasteiger partial charge on any atom is -0.323 e. The summed E-state index contributed by atoms with van der Waals surface area (Å²) in [6.45, 7) is 2.22. The van der Waals surface area contributed by atoms with E-state index in [9.17, 15) is 18.4 Å². The van der Waals surface area contributed by atoms with Gasteiger partial charge < -0.3 is 5.32 Å². The largest absolute Gasteiger partial charge is 0.323 e. The number of carbonyl (C=O) groups excluding carboxylic acids is 1. The fourth-order valence-corrected chi connectivity index (χ4v) is 4.92. The molecule has 0 radical (unpaired) electrons. The summed E-state index contributed by atoms with van der Waals surface area (Å²) in [6.07, 6.45) is 0. The zero-order valence-corrected chi connectivity index (χ0v) is 18.0. The average molecular weight is 458 g/mol. The van der Waals surface area contributed by atoms with Gasteiger partial charge in [-0.25, -0.2) is 13.8 Å². The third-order valence-corrected chi connectivity index (χ3v) is 6.51. The summed E-state index contributed by atoms with van der Waals surface area (Å²) in [6, 6.07) is 12.5. The molecule has 2 aromatic heterocycles. The first-order chi connectivity index (χ1) is 15.0. The minimum atomic E-state index is -0.726. The van der Waals surface area contributed by atoms with Crippen molar-refractivity contribution in [1.82, 2.24) is 9.55 Å². The first-order valence-corrected chi connectivity index (χ1v) is 11.3. The van der Waals surface area contributed by atoms with Crippen molar-refractivity contribution in [2.45, 2.75) is 18.6 Å². The maximum atomic E-state index is 13.8. The number of fused-ring (bicyclic) bond motifs is 1. The van der Waals surface area contributed by atoms with E-state index in [1.165, 1.54) is 15.9 Å². The Balaban J connectivity index is 1.63. The van der Waals surface area contributed by atoms with E-state index in [0.29, 0.717) is 21.9 Å². The number of nitrogens with one attached hydrogen (secondary N) is 1. The van der Waals surface area contributed by atoms with Crippen LogP contribution in [0.4, 0.5) is 14.5 Å². The lowest BCUT2D eigenvalue weighted by atomic mass is 10.1. The summed E-state index contributed by atoms with van der Waals surface area (Å²) in [5, 5.41) is 4.65. The van der Waals surface area contributed by atoms with Crippen LogP contribution in [0.2, 0.25) is 0 Å². The lowest BCUT2D eigenvalue weighted by molar-refractivity contribution is -0.113. The van der Waals surface area contributed by atoms with E-state index < -0.39 is 17.5 Å². The van der Waals surface area contributed by atoms with Crippen LogP contribution >= 0.6 is 23.1 Å². The van der Waals surface area contributed by atoms with Gasteiger partial charge in [0.2, 0.25) is 5.91 Å². The van der Waals surface area contributed by atoms with Crippen molar-refractivity contribution >= 4 is 44.9 Å². The summed E-state index contributed by atoms with van der Waals surface area (Å²) in [4.78, 5) is 29.9. The number of rotatable bonds is 6. The van der Waals surface area contributed by atoms with E-state index in [1.54, 1.807) is 0 Å². The topological polar surface area (TPSA) is 64.0 Å². The first-order valence-electron chi connectivity index (χ1n) is 9.43. The predicted octanol–water partition coefficient (Wildman–Crippen LogP) is 5.15. The maximum Gasteiger partial charge on any atom is 0.272 e. The van der Waals surface area contributed by atoms with Crippen LogP contribution in [0, 0.1) is 11.6 Å². The third-order valence-electron chi connectivity index (χ3n) is 4.58. The Labute approximate surface area is 184 Å². The summed E-state index contributed by atoms with van der Waals surface area (Å²) in [5.74, 6) is -2.02. The maximum absolute atomic E-state index is 13.8. The van der Waals surface area contributed by atoms with Gasteiger partial charge in [0.15, 0.2) is 5.16 Å². The molecule has 0 aliphatic carbocycles. The normalized spacial score (nSPS) is 11.1. The molecule has 0 aliphatic rings. The Bertz CT molecular complexity index is 1320. The number of nitrogens with zero attached hydrogens (tertiary/aromatic N) is 2. The molecule has 1 amide bonds. The van der Waals surface area contributed by atoms with Crippen LogP contribution in [0.5, 0.6) is 0 Å². The first kappa shape index (κ1) is 21.2. The number of aromatic nitrogens is 2. The number of carbonyl (C=O) groups is 1. The van der Waals surface area contributed by atoms with Crippen LogP contribution in [0.3, 0.4) is 0 Å². The molecule has 0 unspecified atom stereocenters. The molecule has 2 heterocycles.